The maximum Gasteiger partial charge on any atom is 0.242 e. The van der Waals surface area contributed by atoms with Crippen molar-refractivity contribution in [2.75, 3.05) is 6.54 Å². The quantitative estimate of drug-likeness (QED) is 0.759. The summed E-state index contributed by atoms with van der Waals surface area (Å²) in [6, 6.07) is 0.218. The molecule has 2 N–H and O–H groups in total. The maximum atomic E-state index is 12.4. The van der Waals surface area contributed by atoms with Crippen LogP contribution in [0.1, 0.15) is 54.4 Å². The van der Waals surface area contributed by atoms with Crippen LogP contribution in [0.15, 0.2) is 0 Å². The Hall–Kier alpha value is -0.570. The van der Waals surface area contributed by atoms with E-state index in [2.05, 4.69) is 13.8 Å². The number of hydrogen-bond donors (Lipinski definition) is 1. The van der Waals surface area contributed by atoms with Crippen LogP contribution >= 0.6 is 0 Å². The summed E-state index contributed by atoms with van der Waals surface area (Å²) in [5, 5.41) is 0. The molecule has 96 valence electrons. The second-order valence-electron chi connectivity index (χ2n) is 5.31. The zero-order valence-corrected chi connectivity index (χ0v) is 11.7. The lowest BCUT2D eigenvalue weighted by atomic mass is 9.91. The van der Waals surface area contributed by atoms with Crippen molar-refractivity contribution in [1.82, 2.24) is 4.90 Å². The monoisotopic (exact) mass is 228 g/mol. The number of carbonyl (C=O) groups excluding carboxylic acids is 1. The molecule has 0 heterocycles. The fourth-order valence-corrected chi connectivity index (χ4v) is 1.76. The number of rotatable bonds is 6. The minimum atomic E-state index is -0.681. The third kappa shape index (κ3) is 3.78. The van der Waals surface area contributed by atoms with Crippen LogP contribution in [-0.4, -0.2) is 28.9 Å². The Morgan fingerprint density at radius 3 is 1.88 bits per heavy atom. The number of carbonyl (C=O) groups is 1. The first-order valence-electron chi connectivity index (χ1n) is 6.38. The third-order valence-electron chi connectivity index (χ3n) is 3.13. The van der Waals surface area contributed by atoms with E-state index in [-0.39, 0.29) is 11.9 Å². The summed E-state index contributed by atoms with van der Waals surface area (Å²) >= 11 is 0. The highest BCUT2D eigenvalue weighted by Gasteiger charge is 2.35. The molecule has 0 aliphatic rings. The standard InChI is InChI=1S/C13H28N2O/c1-7-13(14,8-2)12(16)15(11(5)6)9-10(3)4/h10-11H,7-9,14H2,1-6H3. The van der Waals surface area contributed by atoms with Gasteiger partial charge in [0.2, 0.25) is 5.91 Å². The summed E-state index contributed by atoms with van der Waals surface area (Å²) in [6.45, 7) is 13.1. The molecule has 0 atom stereocenters. The van der Waals surface area contributed by atoms with Gasteiger partial charge >= 0.3 is 0 Å². The molecule has 0 radical (unpaired) electrons. The topological polar surface area (TPSA) is 46.3 Å². The lowest BCUT2D eigenvalue weighted by Crippen LogP contribution is -2.57. The van der Waals surface area contributed by atoms with Crippen molar-refractivity contribution in [2.24, 2.45) is 11.7 Å². The van der Waals surface area contributed by atoms with Crippen LogP contribution in [0.4, 0.5) is 0 Å². The largest absolute Gasteiger partial charge is 0.338 e. The molecule has 0 fully saturated rings. The lowest BCUT2D eigenvalue weighted by molar-refractivity contribution is -0.139. The van der Waals surface area contributed by atoms with Gasteiger partial charge in [-0.1, -0.05) is 27.7 Å². The molecular weight excluding hydrogens is 200 g/mol. The van der Waals surface area contributed by atoms with Gasteiger partial charge in [-0.2, -0.15) is 0 Å². The van der Waals surface area contributed by atoms with Gasteiger partial charge < -0.3 is 10.6 Å². The normalized spacial score (nSPS) is 12.3. The van der Waals surface area contributed by atoms with Crippen LogP contribution in [0.2, 0.25) is 0 Å². The SMILES string of the molecule is CCC(N)(CC)C(=O)N(CC(C)C)C(C)C. The Bertz CT molecular complexity index is 220. The number of hydrogen-bond acceptors (Lipinski definition) is 2. The van der Waals surface area contributed by atoms with Crippen molar-refractivity contribution in [3.8, 4) is 0 Å². The number of amides is 1. The van der Waals surface area contributed by atoms with Gasteiger partial charge in [-0.3, -0.25) is 4.79 Å². The van der Waals surface area contributed by atoms with Gasteiger partial charge in [0, 0.05) is 12.6 Å². The average molecular weight is 228 g/mol. The average Bonchev–Trinajstić information content (AvgIpc) is 2.23. The first kappa shape index (κ1) is 15.4. The van der Waals surface area contributed by atoms with E-state index in [1.165, 1.54) is 0 Å². The first-order valence-corrected chi connectivity index (χ1v) is 6.38. The molecule has 0 aliphatic carbocycles. The van der Waals surface area contributed by atoms with Crippen molar-refractivity contribution < 1.29 is 4.79 Å². The maximum absolute atomic E-state index is 12.4. The Balaban J connectivity index is 4.86. The molecule has 3 nitrogen and oxygen atoms in total. The predicted octanol–water partition coefficient (Wildman–Crippen LogP) is 2.40. The molecule has 16 heavy (non-hydrogen) atoms. The Morgan fingerprint density at radius 2 is 1.62 bits per heavy atom. The van der Waals surface area contributed by atoms with E-state index in [1.54, 1.807) is 0 Å². The minimum Gasteiger partial charge on any atom is -0.338 e. The van der Waals surface area contributed by atoms with Gasteiger partial charge in [0.25, 0.3) is 0 Å². The second-order valence-corrected chi connectivity index (χ2v) is 5.31. The van der Waals surface area contributed by atoms with Crippen LogP contribution in [0.3, 0.4) is 0 Å². The van der Waals surface area contributed by atoms with Gasteiger partial charge in [0.05, 0.1) is 5.54 Å². The highest BCUT2D eigenvalue weighted by molar-refractivity contribution is 5.86. The molecule has 0 aliphatic heterocycles. The highest BCUT2D eigenvalue weighted by atomic mass is 16.2. The van der Waals surface area contributed by atoms with Crippen LogP contribution in [0.25, 0.3) is 0 Å². The van der Waals surface area contributed by atoms with Crippen molar-refractivity contribution in [1.29, 1.82) is 0 Å². The van der Waals surface area contributed by atoms with E-state index in [0.717, 1.165) is 6.54 Å². The van der Waals surface area contributed by atoms with Gasteiger partial charge in [-0.05, 0) is 32.6 Å². The molecule has 0 bridgehead atoms. The lowest BCUT2D eigenvalue weighted by Gasteiger charge is -2.36. The van der Waals surface area contributed by atoms with Gasteiger partial charge in [0.1, 0.15) is 0 Å². The van der Waals surface area contributed by atoms with Crippen molar-refractivity contribution in [3.63, 3.8) is 0 Å². The molecule has 0 aromatic rings. The summed E-state index contributed by atoms with van der Waals surface area (Å²) in [5.74, 6) is 0.575. The van der Waals surface area contributed by atoms with E-state index >= 15 is 0 Å². The molecule has 1 amide bonds. The number of nitrogens with zero attached hydrogens (tertiary/aromatic N) is 1. The molecular formula is C13H28N2O. The first-order chi connectivity index (χ1) is 7.28. The van der Waals surface area contributed by atoms with E-state index in [4.69, 9.17) is 5.73 Å². The summed E-state index contributed by atoms with van der Waals surface area (Å²) in [4.78, 5) is 14.3. The second kappa shape index (κ2) is 6.24. The predicted molar refractivity (Wildman–Crippen MR) is 69.2 cm³/mol. The number of nitrogens with two attached hydrogens (primary N) is 1. The van der Waals surface area contributed by atoms with E-state index in [9.17, 15) is 4.79 Å². The molecule has 0 aromatic carbocycles. The Kier molecular flexibility index (Phi) is 6.01. The van der Waals surface area contributed by atoms with Crippen LogP contribution < -0.4 is 5.73 Å². The molecule has 0 saturated carbocycles. The van der Waals surface area contributed by atoms with Crippen molar-refractivity contribution in [3.05, 3.63) is 0 Å². The van der Waals surface area contributed by atoms with Gasteiger partial charge in [0.15, 0.2) is 0 Å². The summed E-state index contributed by atoms with van der Waals surface area (Å²) in [5.41, 5.74) is 5.48. The van der Waals surface area contributed by atoms with E-state index in [0.29, 0.717) is 18.8 Å². The molecule has 0 aromatic heterocycles. The summed E-state index contributed by atoms with van der Waals surface area (Å²) in [7, 11) is 0. The van der Waals surface area contributed by atoms with Crippen molar-refractivity contribution in [2.45, 2.75) is 66.0 Å². The Morgan fingerprint density at radius 1 is 1.19 bits per heavy atom. The molecule has 3 heteroatoms. The van der Waals surface area contributed by atoms with E-state index in [1.807, 2.05) is 32.6 Å². The smallest absolute Gasteiger partial charge is 0.242 e. The molecule has 0 unspecified atom stereocenters. The minimum absolute atomic E-state index is 0.0983. The third-order valence-corrected chi connectivity index (χ3v) is 3.13. The fraction of sp³-hybridized carbons (Fsp3) is 0.923. The van der Waals surface area contributed by atoms with Gasteiger partial charge in [-0.25, -0.2) is 0 Å². The van der Waals surface area contributed by atoms with Crippen LogP contribution in [-0.2, 0) is 4.79 Å². The molecule has 0 spiro atoms. The zero-order chi connectivity index (χ0) is 12.9. The van der Waals surface area contributed by atoms with E-state index < -0.39 is 5.54 Å². The highest BCUT2D eigenvalue weighted by Crippen LogP contribution is 2.18. The van der Waals surface area contributed by atoms with Crippen molar-refractivity contribution >= 4 is 5.91 Å². The molecule has 0 rings (SSSR count). The molecule has 0 saturated heterocycles. The van der Waals surface area contributed by atoms with Gasteiger partial charge in [-0.15, -0.1) is 0 Å². The zero-order valence-electron chi connectivity index (χ0n) is 11.7. The summed E-state index contributed by atoms with van der Waals surface area (Å²) in [6.07, 6.45) is 1.40. The fourth-order valence-electron chi connectivity index (χ4n) is 1.76. The summed E-state index contributed by atoms with van der Waals surface area (Å²) < 4.78 is 0. The Labute approximate surface area is 100 Å². The van der Waals surface area contributed by atoms with Crippen LogP contribution in [0, 0.1) is 5.92 Å². The van der Waals surface area contributed by atoms with Crippen LogP contribution in [0.5, 0.6) is 0 Å².